The highest BCUT2D eigenvalue weighted by atomic mass is 14.8. The fourth-order valence-electron chi connectivity index (χ4n) is 1.40. The van der Waals surface area contributed by atoms with Gasteiger partial charge in [-0.3, -0.25) is 4.99 Å². The lowest BCUT2D eigenvalue weighted by Gasteiger charge is -2.11. The molecule has 1 aromatic rings. The highest BCUT2D eigenvalue weighted by Gasteiger charge is 2.05. The van der Waals surface area contributed by atoms with Gasteiger partial charge in [-0.15, -0.1) is 0 Å². The van der Waals surface area contributed by atoms with E-state index in [1.807, 2.05) is 30.5 Å². The lowest BCUT2D eigenvalue weighted by atomic mass is 10.1. The standard InChI is InChI=1S/C17H20N2/c1-17(2,3)19-14-16-12-8-7-11-15(16)10-6-4-5-9-13-18/h7-8,11-12,14H,4-5,9H2,1-3H3. The van der Waals surface area contributed by atoms with Crippen molar-refractivity contribution in [3.05, 3.63) is 35.4 Å². The number of nitrogens with zero attached hydrogens (tertiary/aromatic N) is 2. The van der Waals surface area contributed by atoms with Crippen LogP contribution in [0.15, 0.2) is 29.3 Å². The van der Waals surface area contributed by atoms with Crippen LogP contribution in [0.4, 0.5) is 0 Å². The molecule has 0 aliphatic rings. The summed E-state index contributed by atoms with van der Waals surface area (Å²) >= 11 is 0. The third-order valence-electron chi connectivity index (χ3n) is 2.37. The molecule has 0 bridgehead atoms. The van der Waals surface area contributed by atoms with Crippen LogP contribution in [-0.2, 0) is 0 Å². The van der Waals surface area contributed by atoms with E-state index in [-0.39, 0.29) is 5.54 Å². The van der Waals surface area contributed by atoms with E-state index < -0.39 is 0 Å². The fraction of sp³-hybridized carbons (Fsp3) is 0.412. The van der Waals surface area contributed by atoms with E-state index in [0.29, 0.717) is 6.42 Å². The van der Waals surface area contributed by atoms with E-state index in [2.05, 4.69) is 43.7 Å². The first kappa shape index (κ1) is 15.0. The molecule has 0 radical (unpaired) electrons. The Balaban J connectivity index is 2.79. The summed E-state index contributed by atoms with van der Waals surface area (Å²) in [4.78, 5) is 4.51. The van der Waals surface area contributed by atoms with Crippen molar-refractivity contribution in [2.75, 3.05) is 0 Å². The molecule has 0 atom stereocenters. The van der Waals surface area contributed by atoms with Crippen LogP contribution in [0, 0.1) is 23.2 Å². The second-order valence-corrected chi connectivity index (χ2v) is 5.33. The van der Waals surface area contributed by atoms with Crippen LogP contribution in [0.25, 0.3) is 0 Å². The number of unbranched alkanes of at least 4 members (excludes halogenated alkanes) is 2. The van der Waals surface area contributed by atoms with Crippen LogP contribution >= 0.6 is 0 Å². The Labute approximate surface area is 116 Å². The molecule has 0 aliphatic carbocycles. The molecule has 0 saturated heterocycles. The van der Waals surface area contributed by atoms with Gasteiger partial charge >= 0.3 is 0 Å². The number of hydrogen-bond donors (Lipinski definition) is 0. The summed E-state index contributed by atoms with van der Waals surface area (Å²) in [5.74, 6) is 6.27. The van der Waals surface area contributed by atoms with Gasteiger partial charge in [-0.2, -0.15) is 5.26 Å². The largest absolute Gasteiger partial charge is 0.287 e. The minimum Gasteiger partial charge on any atom is -0.287 e. The predicted octanol–water partition coefficient (Wildman–Crippen LogP) is 3.95. The zero-order valence-corrected chi connectivity index (χ0v) is 11.9. The van der Waals surface area contributed by atoms with Crippen molar-refractivity contribution in [2.45, 2.75) is 45.6 Å². The minimum atomic E-state index is -0.0761. The summed E-state index contributed by atoms with van der Waals surface area (Å²) in [5, 5.41) is 8.46. The van der Waals surface area contributed by atoms with Crippen LogP contribution in [-0.4, -0.2) is 11.8 Å². The van der Waals surface area contributed by atoms with E-state index in [0.717, 1.165) is 24.0 Å². The van der Waals surface area contributed by atoms with Gasteiger partial charge in [0, 0.05) is 30.2 Å². The van der Waals surface area contributed by atoms with Crippen LogP contribution in [0.3, 0.4) is 0 Å². The number of hydrogen-bond acceptors (Lipinski definition) is 2. The van der Waals surface area contributed by atoms with Gasteiger partial charge < -0.3 is 0 Å². The summed E-state index contributed by atoms with van der Waals surface area (Å²) in [7, 11) is 0. The SMILES string of the molecule is CC(C)(C)N=Cc1ccccc1C#CCCCC#N. The topological polar surface area (TPSA) is 36.1 Å². The van der Waals surface area contributed by atoms with Gasteiger partial charge in [0.05, 0.1) is 11.6 Å². The lowest BCUT2D eigenvalue weighted by Crippen LogP contribution is -2.09. The van der Waals surface area contributed by atoms with Crippen molar-refractivity contribution in [3.8, 4) is 17.9 Å². The summed E-state index contributed by atoms with van der Waals surface area (Å²) in [6.07, 6.45) is 4.06. The molecule has 0 aromatic heterocycles. The number of aliphatic imine (C=N–C) groups is 1. The van der Waals surface area contributed by atoms with Gasteiger partial charge in [-0.25, -0.2) is 0 Å². The Bertz CT molecular complexity index is 531. The molecule has 2 nitrogen and oxygen atoms in total. The molecule has 0 amide bonds. The molecular formula is C17H20N2. The van der Waals surface area contributed by atoms with E-state index in [1.165, 1.54) is 0 Å². The van der Waals surface area contributed by atoms with Gasteiger partial charge in [0.2, 0.25) is 0 Å². The van der Waals surface area contributed by atoms with Crippen LogP contribution in [0.1, 0.15) is 51.2 Å². The summed E-state index contributed by atoms with van der Waals surface area (Å²) < 4.78 is 0. The normalized spacial score (nSPS) is 10.8. The fourth-order valence-corrected chi connectivity index (χ4v) is 1.40. The van der Waals surface area contributed by atoms with Crippen LogP contribution in [0.5, 0.6) is 0 Å². The quantitative estimate of drug-likeness (QED) is 0.456. The van der Waals surface area contributed by atoms with E-state index in [9.17, 15) is 0 Å². The Kier molecular flexibility index (Phi) is 5.83. The summed E-state index contributed by atoms with van der Waals surface area (Å²) in [6.45, 7) is 6.21. The first-order valence-electron chi connectivity index (χ1n) is 6.53. The molecule has 0 fully saturated rings. The average Bonchev–Trinajstić information content (AvgIpc) is 2.36. The predicted molar refractivity (Wildman–Crippen MR) is 80.1 cm³/mol. The Morgan fingerprint density at radius 3 is 2.63 bits per heavy atom. The van der Waals surface area contributed by atoms with Crippen molar-refractivity contribution in [1.29, 1.82) is 5.26 Å². The maximum absolute atomic E-state index is 8.46. The molecule has 2 heteroatoms. The summed E-state index contributed by atoms with van der Waals surface area (Å²) in [6, 6.07) is 10.1. The molecule has 0 heterocycles. The van der Waals surface area contributed by atoms with Gasteiger partial charge in [0.25, 0.3) is 0 Å². The second-order valence-electron chi connectivity index (χ2n) is 5.33. The van der Waals surface area contributed by atoms with Gasteiger partial charge in [0.15, 0.2) is 0 Å². The molecule has 1 rings (SSSR count). The first-order chi connectivity index (χ1) is 9.03. The summed E-state index contributed by atoms with van der Waals surface area (Å²) in [5.41, 5.74) is 1.96. The van der Waals surface area contributed by atoms with Crippen molar-refractivity contribution in [3.63, 3.8) is 0 Å². The van der Waals surface area contributed by atoms with Crippen LogP contribution in [0.2, 0.25) is 0 Å². The van der Waals surface area contributed by atoms with Crippen molar-refractivity contribution in [1.82, 2.24) is 0 Å². The zero-order valence-electron chi connectivity index (χ0n) is 11.9. The first-order valence-corrected chi connectivity index (χ1v) is 6.53. The molecule has 19 heavy (non-hydrogen) atoms. The average molecular weight is 252 g/mol. The highest BCUT2D eigenvalue weighted by Crippen LogP contribution is 2.09. The van der Waals surface area contributed by atoms with Gasteiger partial charge in [-0.1, -0.05) is 30.0 Å². The third kappa shape index (κ3) is 6.43. The molecule has 98 valence electrons. The molecule has 0 spiro atoms. The monoisotopic (exact) mass is 252 g/mol. The molecule has 0 saturated carbocycles. The van der Waals surface area contributed by atoms with Crippen molar-refractivity contribution < 1.29 is 0 Å². The molecule has 0 aliphatic heterocycles. The van der Waals surface area contributed by atoms with Crippen LogP contribution < -0.4 is 0 Å². The Morgan fingerprint density at radius 1 is 1.21 bits per heavy atom. The number of benzene rings is 1. The van der Waals surface area contributed by atoms with Gasteiger partial charge in [-0.05, 0) is 33.3 Å². The molecular weight excluding hydrogens is 232 g/mol. The smallest absolute Gasteiger partial charge is 0.0622 e. The minimum absolute atomic E-state index is 0.0761. The molecule has 0 unspecified atom stereocenters. The Hall–Kier alpha value is -2.06. The van der Waals surface area contributed by atoms with Crippen molar-refractivity contribution in [2.24, 2.45) is 4.99 Å². The van der Waals surface area contributed by atoms with Crippen molar-refractivity contribution >= 4 is 6.21 Å². The number of rotatable bonds is 3. The van der Waals surface area contributed by atoms with E-state index in [4.69, 9.17) is 5.26 Å². The maximum Gasteiger partial charge on any atom is 0.0622 e. The maximum atomic E-state index is 8.46. The molecule has 1 aromatic carbocycles. The highest BCUT2D eigenvalue weighted by molar-refractivity contribution is 5.83. The molecule has 0 N–H and O–H groups in total. The second kappa shape index (κ2) is 7.39. The Morgan fingerprint density at radius 2 is 1.95 bits per heavy atom. The zero-order chi connectivity index (χ0) is 14.1. The van der Waals surface area contributed by atoms with E-state index >= 15 is 0 Å². The third-order valence-corrected chi connectivity index (χ3v) is 2.37. The number of nitriles is 1. The van der Waals surface area contributed by atoms with Gasteiger partial charge in [0.1, 0.15) is 0 Å². The lowest BCUT2D eigenvalue weighted by molar-refractivity contribution is 0.586. The van der Waals surface area contributed by atoms with E-state index in [1.54, 1.807) is 0 Å².